The van der Waals surface area contributed by atoms with Gasteiger partial charge in [0, 0.05) is 18.3 Å². The second-order valence-corrected chi connectivity index (χ2v) is 5.11. The average molecular weight is 275 g/mol. The van der Waals surface area contributed by atoms with E-state index in [9.17, 15) is 9.59 Å². The first-order chi connectivity index (χ1) is 9.61. The molecule has 1 atom stereocenters. The number of urea groups is 1. The van der Waals surface area contributed by atoms with Crippen LogP contribution in [0.15, 0.2) is 24.3 Å². The normalized spacial score (nSPS) is 16.7. The molecule has 0 fully saturated rings. The zero-order valence-electron chi connectivity index (χ0n) is 12.0. The number of rotatable bonds is 4. The van der Waals surface area contributed by atoms with E-state index in [0.29, 0.717) is 6.54 Å². The largest absolute Gasteiger partial charge is 0.359 e. The van der Waals surface area contributed by atoms with Crippen LogP contribution >= 0.6 is 0 Å². The molecule has 5 nitrogen and oxygen atoms in total. The summed E-state index contributed by atoms with van der Waals surface area (Å²) in [4.78, 5) is 25.4. The summed E-state index contributed by atoms with van der Waals surface area (Å²) >= 11 is 0. The molecular weight excluding hydrogens is 254 g/mol. The molecule has 20 heavy (non-hydrogen) atoms. The molecule has 1 aliphatic rings. The fourth-order valence-corrected chi connectivity index (χ4v) is 2.47. The zero-order chi connectivity index (χ0) is 14.5. The second kappa shape index (κ2) is 6.41. The predicted octanol–water partition coefficient (Wildman–Crippen LogP) is 1.67. The van der Waals surface area contributed by atoms with Crippen molar-refractivity contribution in [1.29, 1.82) is 0 Å². The van der Waals surface area contributed by atoms with Crippen LogP contribution in [0.25, 0.3) is 0 Å². The van der Waals surface area contributed by atoms with Gasteiger partial charge in [0.1, 0.15) is 0 Å². The zero-order valence-corrected chi connectivity index (χ0v) is 12.0. The number of amides is 3. The van der Waals surface area contributed by atoms with E-state index in [1.165, 1.54) is 5.56 Å². The number of anilines is 1. The Bertz CT molecular complexity index is 502. The van der Waals surface area contributed by atoms with Gasteiger partial charge < -0.3 is 10.2 Å². The lowest BCUT2D eigenvalue weighted by molar-refractivity contribution is -0.118. The molecular formula is C15H21N3O2. The summed E-state index contributed by atoms with van der Waals surface area (Å²) in [5, 5.41) is 4.99. The third-order valence-electron chi connectivity index (χ3n) is 3.45. The van der Waals surface area contributed by atoms with Crippen LogP contribution in [-0.4, -0.2) is 31.1 Å². The Labute approximate surface area is 119 Å². The Kier molecular flexibility index (Phi) is 4.61. The van der Waals surface area contributed by atoms with Crippen LogP contribution in [0.3, 0.4) is 0 Å². The SMILES string of the molecule is CCCNC(=O)NC(=O)CN1c2ccccc2CC1C. The topological polar surface area (TPSA) is 61.4 Å². The highest BCUT2D eigenvalue weighted by Crippen LogP contribution is 2.31. The van der Waals surface area contributed by atoms with Gasteiger partial charge in [-0.2, -0.15) is 0 Å². The molecule has 0 aliphatic carbocycles. The van der Waals surface area contributed by atoms with Crippen molar-refractivity contribution < 1.29 is 9.59 Å². The number of carbonyl (C=O) groups excluding carboxylic acids is 2. The van der Waals surface area contributed by atoms with Crippen LogP contribution in [0.2, 0.25) is 0 Å². The molecule has 2 N–H and O–H groups in total. The third kappa shape index (κ3) is 3.29. The van der Waals surface area contributed by atoms with E-state index in [1.807, 2.05) is 30.0 Å². The molecule has 1 unspecified atom stereocenters. The van der Waals surface area contributed by atoms with E-state index in [-0.39, 0.29) is 18.5 Å². The molecule has 5 heteroatoms. The van der Waals surface area contributed by atoms with E-state index in [1.54, 1.807) is 0 Å². The van der Waals surface area contributed by atoms with E-state index in [0.717, 1.165) is 18.5 Å². The van der Waals surface area contributed by atoms with Gasteiger partial charge in [0.25, 0.3) is 0 Å². The second-order valence-electron chi connectivity index (χ2n) is 5.11. The molecule has 108 valence electrons. The highest BCUT2D eigenvalue weighted by atomic mass is 16.2. The molecule has 3 amide bonds. The van der Waals surface area contributed by atoms with Crippen molar-refractivity contribution in [2.24, 2.45) is 0 Å². The Hall–Kier alpha value is -2.04. The first-order valence-electron chi connectivity index (χ1n) is 7.04. The van der Waals surface area contributed by atoms with Gasteiger partial charge in [0.2, 0.25) is 5.91 Å². The maximum Gasteiger partial charge on any atom is 0.321 e. The van der Waals surface area contributed by atoms with Crippen LogP contribution < -0.4 is 15.5 Å². The molecule has 1 heterocycles. The van der Waals surface area contributed by atoms with Crippen LogP contribution in [0.4, 0.5) is 10.5 Å². The van der Waals surface area contributed by atoms with Crippen molar-refractivity contribution in [2.75, 3.05) is 18.0 Å². The van der Waals surface area contributed by atoms with E-state index in [2.05, 4.69) is 23.6 Å². The van der Waals surface area contributed by atoms with Crippen LogP contribution in [0.5, 0.6) is 0 Å². The molecule has 1 aromatic rings. The van der Waals surface area contributed by atoms with Crippen molar-refractivity contribution in [3.05, 3.63) is 29.8 Å². The highest BCUT2D eigenvalue weighted by Gasteiger charge is 2.27. The molecule has 0 bridgehead atoms. The number of para-hydroxylation sites is 1. The summed E-state index contributed by atoms with van der Waals surface area (Å²) < 4.78 is 0. The maximum absolute atomic E-state index is 11.9. The van der Waals surface area contributed by atoms with Gasteiger partial charge in [-0.1, -0.05) is 25.1 Å². The molecule has 0 saturated carbocycles. The number of fused-ring (bicyclic) bond motifs is 1. The lowest BCUT2D eigenvalue weighted by atomic mass is 10.1. The van der Waals surface area contributed by atoms with E-state index >= 15 is 0 Å². The van der Waals surface area contributed by atoms with Crippen molar-refractivity contribution in [2.45, 2.75) is 32.7 Å². The number of hydrogen-bond donors (Lipinski definition) is 2. The van der Waals surface area contributed by atoms with Gasteiger partial charge in [0.05, 0.1) is 6.54 Å². The van der Waals surface area contributed by atoms with E-state index in [4.69, 9.17) is 0 Å². The number of nitrogens with zero attached hydrogens (tertiary/aromatic N) is 1. The molecule has 1 aliphatic heterocycles. The minimum atomic E-state index is -0.419. The third-order valence-corrected chi connectivity index (χ3v) is 3.45. The van der Waals surface area contributed by atoms with Crippen LogP contribution in [-0.2, 0) is 11.2 Å². The lowest BCUT2D eigenvalue weighted by Crippen LogP contribution is -2.46. The summed E-state index contributed by atoms with van der Waals surface area (Å²) in [6.45, 7) is 4.83. The molecule has 1 aromatic carbocycles. The molecule has 0 aromatic heterocycles. The predicted molar refractivity (Wildman–Crippen MR) is 78.8 cm³/mol. The summed E-state index contributed by atoms with van der Waals surface area (Å²) in [7, 11) is 0. The minimum Gasteiger partial charge on any atom is -0.359 e. The Morgan fingerprint density at radius 2 is 2.10 bits per heavy atom. The monoisotopic (exact) mass is 275 g/mol. The van der Waals surface area contributed by atoms with Gasteiger partial charge in [-0.25, -0.2) is 4.79 Å². The van der Waals surface area contributed by atoms with Crippen molar-refractivity contribution >= 4 is 17.6 Å². The Morgan fingerprint density at radius 3 is 2.85 bits per heavy atom. The summed E-state index contributed by atoms with van der Waals surface area (Å²) in [6, 6.07) is 7.93. The quantitative estimate of drug-likeness (QED) is 0.878. The highest BCUT2D eigenvalue weighted by molar-refractivity contribution is 5.96. The van der Waals surface area contributed by atoms with Crippen LogP contribution in [0, 0.1) is 0 Å². The number of nitrogens with one attached hydrogen (secondary N) is 2. The molecule has 0 spiro atoms. The smallest absolute Gasteiger partial charge is 0.321 e. The van der Waals surface area contributed by atoms with Crippen LogP contribution in [0.1, 0.15) is 25.8 Å². The average Bonchev–Trinajstić information content (AvgIpc) is 2.73. The minimum absolute atomic E-state index is 0.206. The van der Waals surface area contributed by atoms with Gasteiger partial charge >= 0.3 is 6.03 Å². The Morgan fingerprint density at radius 1 is 1.35 bits per heavy atom. The first kappa shape index (κ1) is 14.4. The van der Waals surface area contributed by atoms with Crippen molar-refractivity contribution in [3.8, 4) is 0 Å². The molecule has 2 rings (SSSR count). The van der Waals surface area contributed by atoms with Crippen molar-refractivity contribution in [1.82, 2.24) is 10.6 Å². The lowest BCUT2D eigenvalue weighted by Gasteiger charge is -2.23. The summed E-state index contributed by atoms with van der Waals surface area (Å²) in [5.41, 5.74) is 2.34. The number of carbonyl (C=O) groups is 2. The summed E-state index contributed by atoms with van der Waals surface area (Å²) in [6.07, 6.45) is 1.78. The molecule has 0 radical (unpaired) electrons. The first-order valence-corrected chi connectivity index (χ1v) is 7.04. The summed E-state index contributed by atoms with van der Waals surface area (Å²) in [5.74, 6) is -0.276. The van der Waals surface area contributed by atoms with E-state index < -0.39 is 6.03 Å². The fraction of sp³-hybridized carbons (Fsp3) is 0.467. The van der Waals surface area contributed by atoms with Gasteiger partial charge in [-0.15, -0.1) is 0 Å². The standard InChI is InChI=1S/C15H21N3O2/c1-3-8-16-15(20)17-14(19)10-18-11(2)9-12-6-4-5-7-13(12)18/h4-7,11H,3,8-10H2,1-2H3,(H2,16,17,19,20). The van der Waals surface area contributed by atoms with Gasteiger partial charge in [-0.05, 0) is 31.4 Å². The maximum atomic E-state index is 11.9. The number of imide groups is 1. The number of benzene rings is 1. The fourth-order valence-electron chi connectivity index (χ4n) is 2.47. The number of hydrogen-bond acceptors (Lipinski definition) is 3. The Balaban J connectivity index is 1.93. The molecule has 0 saturated heterocycles. The van der Waals surface area contributed by atoms with Gasteiger partial charge in [-0.3, -0.25) is 10.1 Å². The van der Waals surface area contributed by atoms with Crippen molar-refractivity contribution in [3.63, 3.8) is 0 Å². The van der Waals surface area contributed by atoms with Gasteiger partial charge in [0.15, 0.2) is 0 Å².